The largest absolute Gasteiger partial charge is 0.399 e. The minimum Gasteiger partial charge on any atom is -0.399 e. The Kier molecular flexibility index (Phi) is 3.68. The topological polar surface area (TPSA) is 72.2 Å². The average Bonchev–Trinajstić information content (AvgIpc) is 2.31. The standard InChI is InChI=1S/C13H13ClN2O2S/c1-9-3-2-4-11(7-9)16-19(17,18)13-8-10(15)5-6-12(13)14/h2-8,16H,15H2,1H3. The summed E-state index contributed by atoms with van der Waals surface area (Å²) in [5, 5.41) is 0.134. The molecule has 0 amide bonds. The Labute approximate surface area is 117 Å². The van der Waals surface area contributed by atoms with Crippen LogP contribution in [0.25, 0.3) is 0 Å². The van der Waals surface area contributed by atoms with Crippen LogP contribution in [0, 0.1) is 6.92 Å². The van der Waals surface area contributed by atoms with Gasteiger partial charge in [-0.25, -0.2) is 8.42 Å². The van der Waals surface area contributed by atoms with Gasteiger partial charge >= 0.3 is 0 Å². The Morgan fingerprint density at radius 2 is 1.89 bits per heavy atom. The van der Waals surface area contributed by atoms with Crippen molar-refractivity contribution < 1.29 is 8.42 Å². The molecule has 0 aliphatic carbocycles. The van der Waals surface area contributed by atoms with Gasteiger partial charge in [0.2, 0.25) is 0 Å². The van der Waals surface area contributed by atoms with Crippen LogP contribution in [0.1, 0.15) is 5.56 Å². The summed E-state index contributed by atoms with van der Waals surface area (Å²) in [7, 11) is -3.75. The van der Waals surface area contributed by atoms with Crippen LogP contribution in [0.3, 0.4) is 0 Å². The molecule has 0 bridgehead atoms. The van der Waals surface area contributed by atoms with Gasteiger partial charge in [0.05, 0.1) is 5.02 Å². The maximum Gasteiger partial charge on any atom is 0.263 e. The Balaban J connectivity index is 2.40. The lowest BCUT2D eigenvalue weighted by Crippen LogP contribution is -2.13. The molecule has 0 unspecified atom stereocenters. The first-order chi connectivity index (χ1) is 8.88. The second-order valence-corrected chi connectivity index (χ2v) is 6.22. The molecule has 2 rings (SSSR count). The second kappa shape index (κ2) is 5.11. The van der Waals surface area contributed by atoms with E-state index in [1.54, 1.807) is 24.3 Å². The summed E-state index contributed by atoms with van der Waals surface area (Å²) >= 11 is 5.90. The molecule has 100 valence electrons. The Bertz CT molecular complexity index is 714. The number of halogens is 1. The van der Waals surface area contributed by atoms with E-state index in [1.807, 2.05) is 13.0 Å². The minimum absolute atomic E-state index is 0.0318. The summed E-state index contributed by atoms with van der Waals surface area (Å²) in [6, 6.07) is 11.4. The lowest BCUT2D eigenvalue weighted by atomic mass is 10.2. The van der Waals surface area contributed by atoms with Crippen molar-refractivity contribution in [2.75, 3.05) is 10.5 Å². The zero-order valence-electron chi connectivity index (χ0n) is 10.2. The van der Waals surface area contributed by atoms with E-state index < -0.39 is 10.0 Å². The smallest absolute Gasteiger partial charge is 0.263 e. The normalized spacial score (nSPS) is 11.3. The molecule has 19 heavy (non-hydrogen) atoms. The van der Waals surface area contributed by atoms with Gasteiger partial charge in [0.1, 0.15) is 4.90 Å². The van der Waals surface area contributed by atoms with Gasteiger partial charge in [-0.05, 0) is 42.8 Å². The molecule has 2 aromatic carbocycles. The summed E-state index contributed by atoms with van der Waals surface area (Å²) in [5.74, 6) is 0. The highest BCUT2D eigenvalue weighted by Crippen LogP contribution is 2.25. The fourth-order valence-corrected chi connectivity index (χ4v) is 3.23. The Morgan fingerprint density at radius 1 is 1.16 bits per heavy atom. The van der Waals surface area contributed by atoms with E-state index in [9.17, 15) is 8.42 Å². The van der Waals surface area contributed by atoms with Crippen LogP contribution >= 0.6 is 11.6 Å². The van der Waals surface area contributed by atoms with Crippen LogP contribution in [0.2, 0.25) is 5.02 Å². The molecule has 4 nitrogen and oxygen atoms in total. The molecule has 0 aliphatic heterocycles. The zero-order valence-corrected chi connectivity index (χ0v) is 11.8. The number of benzene rings is 2. The highest BCUT2D eigenvalue weighted by molar-refractivity contribution is 7.92. The maximum atomic E-state index is 12.2. The van der Waals surface area contributed by atoms with E-state index >= 15 is 0 Å². The van der Waals surface area contributed by atoms with Gasteiger partial charge in [-0.1, -0.05) is 23.7 Å². The van der Waals surface area contributed by atoms with E-state index in [-0.39, 0.29) is 9.92 Å². The lowest BCUT2D eigenvalue weighted by molar-refractivity contribution is 0.601. The Hall–Kier alpha value is -1.72. The predicted octanol–water partition coefficient (Wildman–Crippen LogP) is 3.03. The molecule has 2 aromatic rings. The molecule has 0 aromatic heterocycles. The SMILES string of the molecule is Cc1cccc(NS(=O)(=O)c2cc(N)ccc2Cl)c1. The van der Waals surface area contributed by atoms with Crippen molar-refractivity contribution in [3.8, 4) is 0 Å². The maximum absolute atomic E-state index is 12.2. The number of hydrogen-bond donors (Lipinski definition) is 2. The molecule has 0 spiro atoms. The lowest BCUT2D eigenvalue weighted by Gasteiger charge is -2.10. The number of nitrogens with one attached hydrogen (secondary N) is 1. The first-order valence-electron chi connectivity index (χ1n) is 5.53. The molecule has 3 N–H and O–H groups in total. The third-order valence-electron chi connectivity index (χ3n) is 2.52. The van der Waals surface area contributed by atoms with E-state index in [0.29, 0.717) is 11.4 Å². The molecule has 0 radical (unpaired) electrons. The van der Waals surface area contributed by atoms with Crippen LogP contribution in [0.5, 0.6) is 0 Å². The van der Waals surface area contributed by atoms with Crippen molar-refractivity contribution in [3.63, 3.8) is 0 Å². The number of aryl methyl sites for hydroxylation is 1. The first-order valence-corrected chi connectivity index (χ1v) is 7.39. The van der Waals surface area contributed by atoms with Gasteiger partial charge in [0.15, 0.2) is 0 Å². The molecular formula is C13H13ClN2O2S. The molecule has 0 heterocycles. The third kappa shape index (κ3) is 3.19. The van der Waals surface area contributed by atoms with Gasteiger partial charge in [-0.2, -0.15) is 0 Å². The van der Waals surface area contributed by atoms with Crippen molar-refractivity contribution in [1.29, 1.82) is 0 Å². The average molecular weight is 297 g/mol. The van der Waals surface area contributed by atoms with E-state index in [4.69, 9.17) is 17.3 Å². The van der Waals surface area contributed by atoms with Crippen molar-refractivity contribution in [3.05, 3.63) is 53.1 Å². The summed E-state index contributed by atoms with van der Waals surface area (Å²) in [6.45, 7) is 1.88. The van der Waals surface area contributed by atoms with E-state index in [2.05, 4.69) is 4.72 Å². The fourth-order valence-electron chi connectivity index (χ4n) is 1.64. The number of anilines is 2. The van der Waals surface area contributed by atoms with Crippen molar-refractivity contribution >= 4 is 33.0 Å². The van der Waals surface area contributed by atoms with E-state index in [0.717, 1.165) is 5.56 Å². The summed E-state index contributed by atoms with van der Waals surface area (Å²) in [6.07, 6.45) is 0. The molecule has 0 atom stereocenters. The molecule has 0 fully saturated rings. The number of rotatable bonds is 3. The Morgan fingerprint density at radius 3 is 2.58 bits per heavy atom. The summed E-state index contributed by atoms with van der Waals surface area (Å²) < 4.78 is 26.9. The molecule has 6 heteroatoms. The van der Waals surface area contributed by atoms with E-state index in [1.165, 1.54) is 12.1 Å². The van der Waals surface area contributed by atoms with Crippen molar-refractivity contribution in [2.24, 2.45) is 0 Å². The summed E-state index contributed by atoms with van der Waals surface area (Å²) in [5.41, 5.74) is 7.37. The molecular weight excluding hydrogens is 284 g/mol. The zero-order chi connectivity index (χ0) is 14.0. The molecule has 0 saturated carbocycles. The number of nitrogen functional groups attached to an aromatic ring is 1. The minimum atomic E-state index is -3.75. The van der Waals surface area contributed by atoms with Crippen LogP contribution in [0.4, 0.5) is 11.4 Å². The van der Waals surface area contributed by atoms with Crippen molar-refractivity contribution in [1.82, 2.24) is 0 Å². The quantitative estimate of drug-likeness (QED) is 0.855. The summed E-state index contributed by atoms with van der Waals surface area (Å²) in [4.78, 5) is -0.0318. The first kappa shape index (κ1) is 13.7. The highest BCUT2D eigenvalue weighted by atomic mass is 35.5. The number of hydrogen-bond acceptors (Lipinski definition) is 3. The van der Waals surface area contributed by atoms with Gasteiger partial charge in [-0.3, -0.25) is 4.72 Å². The monoisotopic (exact) mass is 296 g/mol. The highest BCUT2D eigenvalue weighted by Gasteiger charge is 2.18. The van der Waals surface area contributed by atoms with Gasteiger partial charge in [0, 0.05) is 11.4 Å². The van der Waals surface area contributed by atoms with Crippen LogP contribution < -0.4 is 10.5 Å². The number of sulfonamides is 1. The third-order valence-corrected chi connectivity index (χ3v) is 4.38. The molecule has 0 aliphatic rings. The van der Waals surface area contributed by atoms with Gasteiger partial charge < -0.3 is 5.73 Å². The van der Waals surface area contributed by atoms with Crippen LogP contribution in [-0.4, -0.2) is 8.42 Å². The molecule has 0 saturated heterocycles. The second-order valence-electron chi connectivity index (χ2n) is 4.16. The van der Waals surface area contributed by atoms with Crippen LogP contribution in [0.15, 0.2) is 47.4 Å². The predicted molar refractivity (Wildman–Crippen MR) is 77.9 cm³/mol. The van der Waals surface area contributed by atoms with Crippen LogP contribution in [-0.2, 0) is 10.0 Å². The van der Waals surface area contributed by atoms with Gasteiger partial charge in [0.25, 0.3) is 10.0 Å². The number of nitrogens with two attached hydrogens (primary N) is 1. The van der Waals surface area contributed by atoms with Gasteiger partial charge in [-0.15, -0.1) is 0 Å². The van der Waals surface area contributed by atoms with Crippen molar-refractivity contribution in [2.45, 2.75) is 11.8 Å². The fraction of sp³-hybridized carbons (Fsp3) is 0.0769.